The molecule has 0 bridgehead atoms. The van der Waals surface area contributed by atoms with Gasteiger partial charge in [0.25, 0.3) is 0 Å². The summed E-state index contributed by atoms with van der Waals surface area (Å²) in [4.78, 5) is 24.1. The molecule has 0 rings (SSSR count). The number of methoxy groups -OCH3 is 1. The average Bonchev–Trinajstić information content (AvgIpc) is 2.24. The van der Waals surface area contributed by atoms with E-state index in [1.54, 1.807) is 20.8 Å². The summed E-state index contributed by atoms with van der Waals surface area (Å²) < 4.78 is 9.65. The zero-order chi connectivity index (χ0) is 14.2. The molecule has 0 aliphatic heterocycles. The Morgan fingerprint density at radius 2 is 1.89 bits per heavy atom. The summed E-state index contributed by atoms with van der Waals surface area (Å²) in [7, 11) is 1.30. The lowest BCUT2D eigenvalue weighted by atomic mass is 10.2. The van der Waals surface area contributed by atoms with Crippen LogP contribution >= 0.6 is 0 Å². The van der Waals surface area contributed by atoms with Crippen molar-refractivity contribution in [3.63, 3.8) is 0 Å². The molecule has 0 aliphatic carbocycles. The van der Waals surface area contributed by atoms with Gasteiger partial charge in [0.05, 0.1) is 7.11 Å². The number of alkyl carbamates (subject to hydrolysis) is 1. The van der Waals surface area contributed by atoms with Crippen LogP contribution in [0.3, 0.4) is 0 Å². The number of nitrogens with one attached hydrogen (secondary N) is 1. The monoisotopic (exact) mass is 261 g/mol. The van der Waals surface area contributed by atoms with Crippen LogP contribution in [-0.4, -0.2) is 56.0 Å². The molecule has 7 heteroatoms. The van der Waals surface area contributed by atoms with E-state index in [1.165, 1.54) is 12.0 Å². The molecule has 0 saturated carbocycles. The van der Waals surface area contributed by atoms with Crippen LogP contribution in [0.25, 0.3) is 0 Å². The second kappa shape index (κ2) is 7.75. The molecular formula is C11H23N3O4. The SMILES string of the molecule is COC(=O)N(CCN)CCNC(=O)OC(C)(C)C. The summed E-state index contributed by atoms with van der Waals surface area (Å²) in [5.41, 5.74) is 4.84. The van der Waals surface area contributed by atoms with Crippen molar-refractivity contribution >= 4 is 12.2 Å². The van der Waals surface area contributed by atoms with Gasteiger partial charge >= 0.3 is 12.2 Å². The van der Waals surface area contributed by atoms with E-state index in [-0.39, 0.29) is 6.54 Å². The molecule has 106 valence electrons. The van der Waals surface area contributed by atoms with Gasteiger partial charge in [0.1, 0.15) is 5.60 Å². The topological polar surface area (TPSA) is 93.9 Å². The van der Waals surface area contributed by atoms with Crippen LogP contribution in [0, 0.1) is 0 Å². The lowest BCUT2D eigenvalue weighted by Crippen LogP contribution is -2.42. The van der Waals surface area contributed by atoms with E-state index >= 15 is 0 Å². The van der Waals surface area contributed by atoms with Crippen LogP contribution in [0.1, 0.15) is 20.8 Å². The van der Waals surface area contributed by atoms with Crippen molar-refractivity contribution < 1.29 is 19.1 Å². The van der Waals surface area contributed by atoms with Gasteiger partial charge in [-0.15, -0.1) is 0 Å². The van der Waals surface area contributed by atoms with Crippen LogP contribution in [0.5, 0.6) is 0 Å². The molecule has 0 fully saturated rings. The van der Waals surface area contributed by atoms with Crippen molar-refractivity contribution in [2.45, 2.75) is 26.4 Å². The van der Waals surface area contributed by atoms with E-state index in [4.69, 9.17) is 10.5 Å². The Labute approximate surface area is 108 Å². The van der Waals surface area contributed by atoms with Gasteiger partial charge in [-0.3, -0.25) is 0 Å². The maximum absolute atomic E-state index is 11.3. The molecule has 0 aromatic heterocycles. The number of rotatable bonds is 5. The fourth-order valence-electron chi connectivity index (χ4n) is 1.19. The number of ether oxygens (including phenoxy) is 2. The molecule has 0 aromatic carbocycles. The van der Waals surface area contributed by atoms with Crippen LogP contribution in [-0.2, 0) is 9.47 Å². The summed E-state index contributed by atoms with van der Waals surface area (Å²) in [6.07, 6.45) is -0.980. The summed E-state index contributed by atoms with van der Waals surface area (Å²) >= 11 is 0. The largest absolute Gasteiger partial charge is 0.453 e. The fourth-order valence-corrected chi connectivity index (χ4v) is 1.19. The zero-order valence-corrected chi connectivity index (χ0v) is 11.5. The van der Waals surface area contributed by atoms with Crippen molar-refractivity contribution in [1.29, 1.82) is 0 Å². The van der Waals surface area contributed by atoms with Gasteiger partial charge in [-0.25, -0.2) is 9.59 Å². The number of carbonyl (C=O) groups is 2. The molecule has 2 amide bonds. The number of carbonyl (C=O) groups excluding carboxylic acids is 2. The summed E-state index contributed by atoms with van der Waals surface area (Å²) in [5, 5.41) is 2.56. The van der Waals surface area contributed by atoms with Gasteiger partial charge in [0.15, 0.2) is 0 Å². The first kappa shape index (κ1) is 16.5. The van der Waals surface area contributed by atoms with Gasteiger partial charge in [0.2, 0.25) is 0 Å². The third kappa shape index (κ3) is 7.72. The standard InChI is InChI=1S/C11H23N3O4/c1-11(2,3)18-9(15)13-6-8-14(7-5-12)10(16)17-4/h5-8,12H2,1-4H3,(H,13,15). The van der Waals surface area contributed by atoms with E-state index in [1.807, 2.05) is 0 Å². The Balaban J connectivity index is 3.99. The molecule has 18 heavy (non-hydrogen) atoms. The number of nitrogens with two attached hydrogens (primary N) is 1. The van der Waals surface area contributed by atoms with Gasteiger partial charge in [-0.1, -0.05) is 0 Å². The van der Waals surface area contributed by atoms with Crippen molar-refractivity contribution in [3.05, 3.63) is 0 Å². The molecule has 0 heterocycles. The van der Waals surface area contributed by atoms with Crippen molar-refractivity contribution in [3.8, 4) is 0 Å². The van der Waals surface area contributed by atoms with E-state index in [0.717, 1.165) is 0 Å². The van der Waals surface area contributed by atoms with Crippen LogP contribution in [0.2, 0.25) is 0 Å². The quantitative estimate of drug-likeness (QED) is 0.753. The Kier molecular flexibility index (Phi) is 7.11. The number of nitrogens with zero attached hydrogens (tertiary/aromatic N) is 1. The highest BCUT2D eigenvalue weighted by Gasteiger charge is 2.17. The van der Waals surface area contributed by atoms with Crippen molar-refractivity contribution in [2.75, 3.05) is 33.3 Å². The second-order valence-electron chi connectivity index (χ2n) is 4.67. The van der Waals surface area contributed by atoms with Crippen LogP contribution in [0.4, 0.5) is 9.59 Å². The third-order valence-electron chi connectivity index (χ3n) is 1.88. The molecule has 0 aromatic rings. The minimum Gasteiger partial charge on any atom is -0.453 e. The van der Waals surface area contributed by atoms with Gasteiger partial charge in [-0.05, 0) is 20.8 Å². The molecular weight excluding hydrogens is 238 g/mol. The minimum atomic E-state index is -0.538. The summed E-state index contributed by atoms with van der Waals surface area (Å²) in [5.74, 6) is 0. The molecule has 0 spiro atoms. The Morgan fingerprint density at radius 3 is 2.33 bits per heavy atom. The van der Waals surface area contributed by atoms with E-state index in [0.29, 0.717) is 19.6 Å². The van der Waals surface area contributed by atoms with Gasteiger partial charge < -0.3 is 25.4 Å². The van der Waals surface area contributed by atoms with E-state index in [9.17, 15) is 9.59 Å². The minimum absolute atomic E-state index is 0.282. The van der Waals surface area contributed by atoms with E-state index in [2.05, 4.69) is 10.1 Å². The third-order valence-corrected chi connectivity index (χ3v) is 1.88. The van der Waals surface area contributed by atoms with Crippen LogP contribution in [0.15, 0.2) is 0 Å². The predicted octanol–water partition coefficient (Wildman–Crippen LogP) is 0.538. The lowest BCUT2D eigenvalue weighted by molar-refractivity contribution is 0.0519. The first-order valence-corrected chi connectivity index (χ1v) is 5.80. The number of hydrogen-bond acceptors (Lipinski definition) is 5. The highest BCUT2D eigenvalue weighted by Crippen LogP contribution is 2.06. The summed E-state index contributed by atoms with van der Waals surface area (Å²) in [6, 6.07) is 0. The fraction of sp³-hybridized carbons (Fsp3) is 0.818. The Bertz CT molecular complexity index is 276. The van der Waals surface area contributed by atoms with E-state index < -0.39 is 17.8 Å². The zero-order valence-electron chi connectivity index (χ0n) is 11.5. The number of amides is 2. The predicted molar refractivity (Wildman–Crippen MR) is 67.3 cm³/mol. The molecule has 7 nitrogen and oxygen atoms in total. The maximum Gasteiger partial charge on any atom is 0.409 e. The summed E-state index contributed by atoms with van der Waals surface area (Å²) in [6.45, 7) is 6.66. The van der Waals surface area contributed by atoms with Crippen molar-refractivity contribution in [1.82, 2.24) is 10.2 Å². The molecule has 0 aliphatic rings. The highest BCUT2D eigenvalue weighted by molar-refractivity contribution is 5.68. The number of hydrogen-bond donors (Lipinski definition) is 2. The average molecular weight is 261 g/mol. The smallest absolute Gasteiger partial charge is 0.409 e. The van der Waals surface area contributed by atoms with Gasteiger partial charge in [-0.2, -0.15) is 0 Å². The van der Waals surface area contributed by atoms with Crippen LogP contribution < -0.4 is 11.1 Å². The first-order valence-electron chi connectivity index (χ1n) is 5.80. The Morgan fingerprint density at radius 1 is 1.28 bits per heavy atom. The molecule has 0 unspecified atom stereocenters. The molecule has 0 saturated heterocycles. The molecule has 3 N–H and O–H groups in total. The maximum atomic E-state index is 11.3. The van der Waals surface area contributed by atoms with Gasteiger partial charge in [0, 0.05) is 26.2 Å². The lowest BCUT2D eigenvalue weighted by Gasteiger charge is -2.22. The first-order chi connectivity index (χ1) is 8.30. The highest BCUT2D eigenvalue weighted by atomic mass is 16.6. The molecule has 0 atom stereocenters. The van der Waals surface area contributed by atoms with Crippen molar-refractivity contribution in [2.24, 2.45) is 5.73 Å². The second-order valence-corrected chi connectivity index (χ2v) is 4.67. The Hall–Kier alpha value is -1.50. The molecule has 0 radical (unpaired) electrons. The normalized spacial score (nSPS) is 10.7.